The minimum atomic E-state index is -0.173. The Hall–Kier alpha value is -1.35. The molecular formula is C22H36IN5O. The van der Waals surface area contributed by atoms with Crippen molar-refractivity contribution in [3.8, 4) is 0 Å². The number of nitrogens with zero attached hydrogens (tertiary/aromatic N) is 2. The van der Waals surface area contributed by atoms with Gasteiger partial charge in [0.2, 0.25) is 5.91 Å². The maximum absolute atomic E-state index is 12.1. The Morgan fingerprint density at radius 2 is 1.90 bits per heavy atom. The van der Waals surface area contributed by atoms with Gasteiger partial charge in [-0.05, 0) is 95.1 Å². The summed E-state index contributed by atoms with van der Waals surface area (Å²) in [6.45, 7) is 9.13. The zero-order chi connectivity index (χ0) is 20.1. The third-order valence-electron chi connectivity index (χ3n) is 5.48. The van der Waals surface area contributed by atoms with E-state index in [1.807, 2.05) is 20.8 Å². The molecule has 7 heteroatoms. The van der Waals surface area contributed by atoms with Crippen molar-refractivity contribution >= 4 is 41.5 Å². The standard InChI is InChI=1S/C22H35N5O.HI/c1-22(2,3)26-20(28)15-27-11-9-16(10-12-27)14-24-21(23)25-19-8-7-17-5-4-6-18(17)13-19;/h7-8,13,16H,4-6,9-12,14-15H2,1-3H3,(H,26,28)(H3,23,24,25);1H. The maximum atomic E-state index is 12.1. The average molecular weight is 513 g/mol. The van der Waals surface area contributed by atoms with E-state index in [0.29, 0.717) is 18.4 Å². The fourth-order valence-corrected chi connectivity index (χ4v) is 4.05. The molecule has 1 aliphatic carbocycles. The molecule has 0 unspecified atom stereocenters. The third-order valence-corrected chi connectivity index (χ3v) is 5.48. The number of amides is 1. The summed E-state index contributed by atoms with van der Waals surface area (Å²) >= 11 is 0. The fourth-order valence-electron chi connectivity index (χ4n) is 4.05. The van der Waals surface area contributed by atoms with Crippen molar-refractivity contribution in [1.82, 2.24) is 10.2 Å². The summed E-state index contributed by atoms with van der Waals surface area (Å²) in [4.78, 5) is 18.9. The lowest BCUT2D eigenvalue weighted by Crippen LogP contribution is -2.47. The zero-order valence-electron chi connectivity index (χ0n) is 18.0. The normalized spacial score (nSPS) is 18.1. The molecule has 0 radical (unpaired) electrons. The minimum absolute atomic E-state index is 0. The van der Waals surface area contributed by atoms with Crippen LogP contribution in [0.25, 0.3) is 0 Å². The lowest BCUT2D eigenvalue weighted by atomic mass is 9.97. The number of hydrogen-bond acceptors (Lipinski definition) is 3. The second-order valence-corrected chi connectivity index (χ2v) is 9.21. The molecule has 4 N–H and O–H groups in total. The quantitative estimate of drug-likeness (QED) is 0.321. The average Bonchev–Trinajstić information content (AvgIpc) is 3.07. The molecule has 0 aromatic heterocycles. The number of piperidine rings is 1. The summed E-state index contributed by atoms with van der Waals surface area (Å²) in [5, 5.41) is 6.26. The van der Waals surface area contributed by atoms with Gasteiger partial charge in [0.25, 0.3) is 0 Å². The van der Waals surface area contributed by atoms with Crippen LogP contribution >= 0.6 is 24.0 Å². The molecule has 0 atom stereocenters. The van der Waals surface area contributed by atoms with Gasteiger partial charge >= 0.3 is 0 Å². The van der Waals surface area contributed by atoms with Crippen LogP contribution in [0.15, 0.2) is 23.2 Å². The van der Waals surface area contributed by atoms with Gasteiger partial charge in [-0.2, -0.15) is 0 Å². The molecule has 0 bridgehead atoms. The summed E-state index contributed by atoms with van der Waals surface area (Å²) in [5.41, 5.74) is 9.84. The van der Waals surface area contributed by atoms with Crippen LogP contribution in [0.3, 0.4) is 0 Å². The fraction of sp³-hybridized carbons (Fsp3) is 0.636. The molecule has 1 heterocycles. The van der Waals surface area contributed by atoms with Crippen LogP contribution in [0.2, 0.25) is 0 Å². The maximum Gasteiger partial charge on any atom is 0.234 e. The van der Waals surface area contributed by atoms with Gasteiger partial charge in [-0.25, -0.2) is 0 Å². The second-order valence-electron chi connectivity index (χ2n) is 9.21. The lowest BCUT2D eigenvalue weighted by Gasteiger charge is -2.31. The number of aryl methyl sites for hydroxylation is 2. The first-order valence-corrected chi connectivity index (χ1v) is 10.5. The monoisotopic (exact) mass is 513 g/mol. The molecule has 1 amide bonds. The molecule has 1 fully saturated rings. The minimum Gasteiger partial charge on any atom is -0.370 e. The van der Waals surface area contributed by atoms with E-state index in [1.54, 1.807) is 0 Å². The third kappa shape index (κ3) is 7.77. The van der Waals surface area contributed by atoms with E-state index in [1.165, 1.54) is 24.0 Å². The van der Waals surface area contributed by atoms with Gasteiger partial charge in [0, 0.05) is 17.8 Å². The van der Waals surface area contributed by atoms with Crippen LogP contribution in [-0.4, -0.2) is 48.5 Å². The predicted molar refractivity (Wildman–Crippen MR) is 131 cm³/mol. The summed E-state index contributed by atoms with van der Waals surface area (Å²) in [6.07, 6.45) is 5.71. The second kappa shape index (κ2) is 10.6. The van der Waals surface area contributed by atoms with E-state index >= 15 is 0 Å². The highest BCUT2D eigenvalue weighted by Gasteiger charge is 2.22. The molecule has 0 saturated carbocycles. The van der Waals surface area contributed by atoms with Crippen LogP contribution in [0.4, 0.5) is 5.69 Å². The number of benzene rings is 1. The molecule has 6 nitrogen and oxygen atoms in total. The molecule has 1 saturated heterocycles. The van der Waals surface area contributed by atoms with E-state index in [9.17, 15) is 4.79 Å². The number of nitrogens with one attached hydrogen (secondary N) is 2. The summed E-state index contributed by atoms with van der Waals surface area (Å²) < 4.78 is 0. The van der Waals surface area contributed by atoms with Gasteiger partial charge in [0.05, 0.1) is 6.54 Å². The molecule has 2 aliphatic rings. The number of aliphatic imine (C=N–C) groups is 1. The Bertz CT molecular complexity index is 720. The van der Waals surface area contributed by atoms with Crippen LogP contribution < -0.4 is 16.4 Å². The van der Waals surface area contributed by atoms with E-state index in [0.717, 1.165) is 44.6 Å². The summed E-state index contributed by atoms with van der Waals surface area (Å²) in [5.74, 6) is 1.12. The number of carbonyl (C=O) groups excluding carboxylic acids is 1. The molecule has 29 heavy (non-hydrogen) atoms. The van der Waals surface area contributed by atoms with E-state index in [-0.39, 0.29) is 35.4 Å². The van der Waals surface area contributed by atoms with Crippen molar-refractivity contribution in [1.29, 1.82) is 0 Å². The molecule has 1 aliphatic heterocycles. The number of carbonyl (C=O) groups is 1. The smallest absolute Gasteiger partial charge is 0.234 e. The van der Waals surface area contributed by atoms with E-state index < -0.39 is 0 Å². The molecular weight excluding hydrogens is 477 g/mol. The molecule has 3 rings (SSSR count). The topological polar surface area (TPSA) is 82.8 Å². The lowest BCUT2D eigenvalue weighted by molar-refractivity contribution is -0.124. The van der Waals surface area contributed by atoms with Crippen molar-refractivity contribution in [2.45, 2.75) is 58.4 Å². The van der Waals surface area contributed by atoms with Crippen LogP contribution in [0.5, 0.6) is 0 Å². The zero-order valence-corrected chi connectivity index (χ0v) is 20.3. The first kappa shape index (κ1) is 23.9. The van der Waals surface area contributed by atoms with Gasteiger partial charge in [0.15, 0.2) is 5.96 Å². The van der Waals surface area contributed by atoms with Crippen molar-refractivity contribution in [3.05, 3.63) is 29.3 Å². The largest absolute Gasteiger partial charge is 0.370 e. The molecule has 1 aromatic rings. The first-order chi connectivity index (χ1) is 13.3. The Morgan fingerprint density at radius 3 is 2.59 bits per heavy atom. The number of rotatable bonds is 5. The Labute approximate surface area is 192 Å². The van der Waals surface area contributed by atoms with Crippen molar-refractivity contribution in [2.75, 3.05) is 31.5 Å². The molecule has 162 valence electrons. The Kier molecular flexibility index (Phi) is 8.75. The van der Waals surface area contributed by atoms with Crippen LogP contribution in [0.1, 0.15) is 51.2 Å². The molecule has 0 spiro atoms. The van der Waals surface area contributed by atoms with Gasteiger partial charge in [0.1, 0.15) is 0 Å². The van der Waals surface area contributed by atoms with Gasteiger partial charge in [-0.1, -0.05) is 6.07 Å². The number of likely N-dealkylation sites (tertiary alicyclic amines) is 1. The Morgan fingerprint density at radius 1 is 1.21 bits per heavy atom. The van der Waals surface area contributed by atoms with Crippen molar-refractivity contribution < 1.29 is 4.79 Å². The number of anilines is 1. The van der Waals surface area contributed by atoms with Crippen molar-refractivity contribution in [2.24, 2.45) is 16.6 Å². The first-order valence-electron chi connectivity index (χ1n) is 10.5. The summed E-state index contributed by atoms with van der Waals surface area (Å²) in [7, 11) is 0. The highest BCUT2D eigenvalue weighted by atomic mass is 127. The SMILES string of the molecule is CC(C)(C)NC(=O)CN1CCC(CN=C(N)Nc2ccc3c(c2)CCC3)CC1.I. The highest BCUT2D eigenvalue weighted by Crippen LogP contribution is 2.24. The van der Waals surface area contributed by atoms with Crippen molar-refractivity contribution in [3.63, 3.8) is 0 Å². The molecule has 1 aromatic carbocycles. The predicted octanol–water partition coefficient (Wildman–Crippen LogP) is 3.15. The number of fused-ring (bicyclic) bond motifs is 1. The number of halogens is 1. The van der Waals surface area contributed by atoms with E-state index in [4.69, 9.17) is 5.73 Å². The van der Waals surface area contributed by atoms with Crippen LogP contribution in [0, 0.1) is 5.92 Å². The van der Waals surface area contributed by atoms with Gasteiger partial charge < -0.3 is 16.4 Å². The highest BCUT2D eigenvalue weighted by molar-refractivity contribution is 14.0. The van der Waals surface area contributed by atoms with E-state index in [2.05, 4.69) is 38.7 Å². The summed E-state index contributed by atoms with van der Waals surface area (Å²) in [6, 6.07) is 6.49. The number of guanidine groups is 1. The number of hydrogen-bond donors (Lipinski definition) is 3. The van der Waals surface area contributed by atoms with Gasteiger partial charge in [-0.15, -0.1) is 24.0 Å². The Balaban J connectivity index is 0.00000300. The number of nitrogens with two attached hydrogens (primary N) is 1. The van der Waals surface area contributed by atoms with Gasteiger partial charge in [-0.3, -0.25) is 14.7 Å². The van der Waals surface area contributed by atoms with Crippen LogP contribution in [-0.2, 0) is 17.6 Å².